The molecule has 27 heavy (non-hydrogen) atoms. The molecule has 0 spiro atoms. The van der Waals surface area contributed by atoms with Crippen molar-refractivity contribution >= 4 is 5.97 Å². The highest BCUT2D eigenvalue weighted by molar-refractivity contribution is 5.69. The molecule has 0 saturated carbocycles. The monoisotopic (exact) mass is 384 g/mol. The predicted octanol–water partition coefficient (Wildman–Crippen LogP) is 5.96. The van der Waals surface area contributed by atoms with Gasteiger partial charge >= 0.3 is 5.97 Å². The van der Waals surface area contributed by atoms with Gasteiger partial charge in [-0.1, -0.05) is 70.4 Å². The first-order valence-electron chi connectivity index (χ1n) is 11.3. The maximum atomic E-state index is 11.7. The Labute approximate surface area is 167 Å². The van der Waals surface area contributed by atoms with Gasteiger partial charge in [-0.2, -0.15) is 0 Å². The summed E-state index contributed by atoms with van der Waals surface area (Å²) in [6, 6.07) is 0. The quantitative estimate of drug-likeness (QED) is 0.160. The van der Waals surface area contributed by atoms with Crippen LogP contribution in [-0.4, -0.2) is 37.0 Å². The van der Waals surface area contributed by atoms with E-state index < -0.39 is 6.10 Å². The van der Waals surface area contributed by atoms with Gasteiger partial charge in [0.2, 0.25) is 0 Å². The van der Waals surface area contributed by atoms with Crippen LogP contribution in [0.3, 0.4) is 0 Å². The molecule has 0 aromatic rings. The molecule has 4 heteroatoms. The van der Waals surface area contributed by atoms with Gasteiger partial charge in [0.05, 0.1) is 13.2 Å². The Hall–Kier alpha value is -0.870. The average molecular weight is 385 g/mol. The molecule has 0 radical (unpaired) electrons. The lowest BCUT2D eigenvalue weighted by atomic mass is 10.1. The van der Waals surface area contributed by atoms with Crippen LogP contribution in [0.2, 0.25) is 0 Å². The number of carbonyl (C=O) groups excluding carboxylic acids is 1. The third-order valence-corrected chi connectivity index (χ3v) is 4.65. The summed E-state index contributed by atoms with van der Waals surface area (Å²) < 4.78 is 10.4. The number of hydrogen-bond acceptors (Lipinski definition) is 4. The van der Waals surface area contributed by atoms with Crippen molar-refractivity contribution in [2.75, 3.05) is 19.8 Å². The van der Waals surface area contributed by atoms with E-state index in [4.69, 9.17) is 14.6 Å². The van der Waals surface area contributed by atoms with E-state index in [2.05, 4.69) is 19.1 Å². The molecule has 0 aromatic carbocycles. The van der Waals surface area contributed by atoms with Gasteiger partial charge < -0.3 is 14.6 Å². The number of rotatable bonds is 20. The van der Waals surface area contributed by atoms with E-state index in [1.807, 2.05) is 6.92 Å². The second kappa shape index (κ2) is 21.4. The Bertz CT molecular complexity index is 341. The lowest BCUT2D eigenvalue weighted by molar-refractivity contribution is -0.154. The van der Waals surface area contributed by atoms with Crippen LogP contribution in [0.25, 0.3) is 0 Å². The molecule has 0 amide bonds. The molecule has 1 unspecified atom stereocenters. The fourth-order valence-electron chi connectivity index (χ4n) is 2.96. The fraction of sp³-hybridized carbons (Fsp3) is 0.870. The number of carbonyl (C=O) groups is 1. The first-order valence-corrected chi connectivity index (χ1v) is 11.3. The van der Waals surface area contributed by atoms with Gasteiger partial charge in [-0.25, -0.2) is 0 Å². The topological polar surface area (TPSA) is 55.8 Å². The molecule has 4 nitrogen and oxygen atoms in total. The summed E-state index contributed by atoms with van der Waals surface area (Å²) in [5.74, 6) is -0.230. The van der Waals surface area contributed by atoms with Crippen LogP contribution < -0.4 is 0 Å². The van der Waals surface area contributed by atoms with Gasteiger partial charge in [0.25, 0.3) is 0 Å². The normalized spacial score (nSPS) is 12.6. The third-order valence-electron chi connectivity index (χ3n) is 4.65. The van der Waals surface area contributed by atoms with Crippen molar-refractivity contribution in [2.45, 2.75) is 110 Å². The molecular formula is C23H44O4. The van der Waals surface area contributed by atoms with Gasteiger partial charge in [-0.05, 0) is 39.0 Å². The number of esters is 1. The summed E-state index contributed by atoms with van der Waals surface area (Å²) in [6.07, 6.45) is 20.7. The molecule has 0 aliphatic heterocycles. The molecule has 160 valence electrons. The second-order valence-corrected chi connectivity index (χ2v) is 7.29. The largest absolute Gasteiger partial charge is 0.457 e. The van der Waals surface area contributed by atoms with Crippen molar-refractivity contribution in [3.63, 3.8) is 0 Å². The van der Waals surface area contributed by atoms with Gasteiger partial charge in [0.15, 0.2) is 0 Å². The maximum Gasteiger partial charge on any atom is 0.306 e. The van der Waals surface area contributed by atoms with E-state index in [1.165, 1.54) is 70.6 Å². The molecule has 0 saturated heterocycles. The first kappa shape index (κ1) is 26.1. The van der Waals surface area contributed by atoms with Crippen molar-refractivity contribution in [1.29, 1.82) is 0 Å². The number of allylic oxidation sites excluding steroid dienone is 2. The molecule has 1 N–H and O–H groups in total. The van der Waals surface area contributed by atoms with Gasteiger partial charge in [-0.3, -0.25) is 4.79 Å². The number of ether oxygens (including phenoxy) is 2. The predicted molar refractivity (Wildman–Crippen MR) is 113 cm³/mol. The average Bonchev–Trinajstić information content (AvgIpc) is 2.68. The van der Waals surface area contributed by atoms with Gasteiger partial charge in [0, 0.05) is 13.0 Å². The summed E-state index contributed by atoms with van der Waals surface area (Å²) in [5, 5.41) is 9.14. The molecule has 0 rings (SSSR count). The zero-order chi connectivity index (χ0) is 20.0. The standard InChI is InChI=1S/C23H44O4/c1-3-5-6-7-8-9-10-11-12-13-14-15-16-17-18-19-23(25)27-22(20-24)21-26-4-2/h11-12,22,24H,3-10,13-21H2,1-2H3/b12-11-. The smallest absolute Gasteiger partial charge is 0.306 e. The Balaban J connectivity index is 3.36. The molecule has 0 aromatic heterocycles. The fourth-order valence-corrected chi connectivity index (χ4v) is 2.96. The molecule has 0 aliphatic carbocycles. The molecule has 0 fully saturated rings. The number of unbranched alkanes of at least 4 members (excludes halogenated alkanes) is 11. The number of hydrogen-bond donors (Lipinski definition) is 1. The highest BCUT2D eigenvalue weighted by Crippen LogP contribution is 2.10. The summed E-state index contributed by atoms with van der Waals surface area (Å²) in [4.78, 5) is 11.7. The third kappa shape index (κ3) is 19.7. The lowest BCUT2D eigenvalue weighted by Gasteiger charge is -2.15. The highest BCUT2D eigenvalue weighted by atomic mass is 16.6. The van der Waals surface area contributed by atoms with Crippen LogP contribution in [0.15, 0.2) is 12.2 Å². The number of aliphatic hydroxyl groups is 1. The maximum absolute atomic E-state index is 11.7. The SMILES string of the molecule is CCCCCCCC/C=C\CCCCCCCC(=O)OC(CO)COCC. The minimum absolute atomic E-state index is 0.182. The Morgan fingerprint density at radius 3 is 1.96 bits per heavy atom. The highest BCUT2D eigenvalue weighted by Gasteiger charge is 2.13. The van der Waals surface area contributed by atoms with E-state index in [0.717, 1.165) is 12.8 Å². The van der Waals surface area contributed by atoms with Crippen LogP contribution in [0.1, 0.15) is 104 Å². The molecule has 0 heterocycles. The van der Waals surface area contributed by atoms with E-state index in [-0.39, 0.29) is 19.2 Å². The summed E-state index contributed by atoms with van der Waals surface area (Å²) in [7, 11) is 0. The Morgan fingerprint density at radius 2 is 1.41 bits per heavy atom. The van der Waals surface area contributed by atoms with E-state index in [9.17, 15) is 4.79 Å². The second-order valence-electron chi connectivity index (χ2n) is 7.29. The molecular weight excluding hydrogens is 340 g/mol. The van der Waals surface area contributed by atoms with E-state index in [0.29, 0.717) is 13.0 Å². The molecule has 0 bridgehead atoms. The summed E-state index contributed by atoms with van der Waals surface area (Å²) in [5.41, 5.74) is 0. The van der Waals surface area contributed by atoms with Crippen LogP contribution in [0.4, 0.5) is 0 Å². The summed E-state index contributed by atoms with van der Waals surface area (Å²) in [6.45, 7) is 4.78. The van der Waals surface area contributed by atoms with Gasteiger partial charge in [0.1, 0.15) is 6.10 Å². The van der Waals surface area contributed by atoms with Crippen LogP contribution in [-0.2, 0) is 14.3 Å². The zero-order valence-electron chi connectivity index (χ0n) is 17.9. The number of aliphatic hydroxyl groups excluding tert-OH is 1. The van der Waals surface area contributed by atoms with Gasteiger partial charge in [-0.15, -0.1) is 0 Å². The minimum atomic E-state index is -0.527. The first-order chi connectivity index (χ1) is 13.2. The molecule has 0 aliphatic rings. The van der Waals surface area contributed by atoms with Crippen molar-refractivity contribution in [1.82, 2.24) is 0 Å². The van der Waals surface area contributed by atoms with Crippen LogP contribution in [0.5, 0.6) is 0 Å². The van der Waals surface area contributed by atoms with Crippen LogP contribution >= 0.6 is 0 Å². The van der Waals surface area contributed by atoms with Crippen molar-refractivity contribution in [2.24, 2.45) is 0 Å². The Morgan fingerprint density at radius 1 is 0.852 bits per heavy atom. The minimum Gasteiger partial charge on any atom is -0.457 e. The molecule has 1 atom stereocenters. The van der Waals surface area contributed by atoms with Crippen molar-refractivity contribution in [3.8, 4) is 0 Å². The lowest BCUT2D eigenvalue weighted by Crippen LogP contribution is -2.27. The summed E-state index contributed by atoms with van der Waals surface area (Å²) >= 11 is 0. The zero-order valence-corrected chi connectivity index (χ0v) is 17.9. The van der Waals surface area contributed by atoms with Crippen LogP contribution in [0, 0.1) is 0 Å². The van der Waals surface area contributed by atoms with E-state index >= 15 is 0 Å². The Kier molecular flexibility index (Phi) is 20.7. The van der Waals surface area contributed by atoms with Crippen molar-refractivity contribution in [3.05, 3.63) is 12.2 Å². The van der Waals surface area contributed by atoms with Crippen molar-refractivity contribution < 1.29 is 19.4 Å². The van der Waals surface area contributed by atoms with E-state index in [1.54, 1.807) is 0 Å².